The van der Waals surface area contributed by atoms with Crippen LogP contribution in [0.5, 0.6) is 0 Å². The third-order valence-corrected chi connectivity index (χ3v) is 4.76. The number of rotatable bonds is 7. The standard InChI is InChI=1S/C17H11F13O2/c18-12(19,7-9-6-10(32-11(9)31)8-4-2-1-3-5-8)13(20,21)14(22,23)15(24,25)16(26,27)17(28,29)30/h1-5,9-10H,6-7H2/t9-,10-/m1/s1. The Morgan fingerprint density at radius 1 is 0.719 bits per heavy atom. The molecule has 0 radical (unpaired) electrons. The van der Waals surface area contributed by atoms with E-state index in [0.717, 1.165) is 0 Å². The lowest BCUT2D eigenvalue weighted by Gasteiger charge is -2.40. The molecule has 0 aromatic heterocycles. The molecule has 2 atom stereocenters. The average molecular weight is 494 g/mol. The summed E-state index contributed by atoms with van der Waals surface area (Å²) in [7, 11) is 0. The molecule has 0 spiro atoms. The highest BCUT2D eigenvalue weighted by Gasteiger charge is 2.90. The van der Waals surface area contributed by atoms with Gasteiger partial charge in [-0.2, -0.15) is 57.1 Å². The molecular weight excluding hydrogens is 483 g/mol. The van der Waals surface area contributed by atoms with Gasteiger partial charge in [-0.3, -0.25) is 4.79 Å². The van der Waals surface area contributed by atoms with E-state index < -0.39 is 66.6 Å². The summed E-state index contributed by atoms with van der Waals surface area (Å²) in [5, 5.41) is 0. The molecule has 1 aromatic rings. The minimum atomic E-state index is -7.96. The summed E-state index contributed by atoms with van der Waals surface area (Å²) in [6, 6.07) is 6.94. The molecule has 1 aliphatic heterocycles. The first-order valence-corrected chi connectivity index (χ1v) is 8.42. The number of halogens is 13. The lowest BCUT2D eigenvalue weighted by Crippen LogP contribution is -2.70. The van der Waals surface area contributed by atoms with Gasteiger partial charge in [0.05, 0.1) is 5.92 Å². The molecule has 1 aliphatic rings. The normalized spacial score (nSPS) is 21.6. The van der Waals surface area contributed by atoms with Crippen molar-refractivity contribution in [1.29, 1.82) is 0 Å². The Kier molecular flexibility index (Phi) is 6.25. The number of alkyl halides is 13. The van der Waals surface area contributed by atoms with E-state index in [1.807, 2.05) is 0 Å². The van der Waals surface area contributed by atoms with Crippen molar-refractivity contribution in [3.05, 3.63) is 35.9 Å². The molecule has 182 valence electrons. The smallest absolute Gasteiger partial charge is 0.457 e. The molecule has 1 saturated heterocycles. The van der Waals surface area contributed by atoms with Crippen molar-refractivity contribution in [2.45, 2.75) is 54.7 Å². The van der Waals surface area contributed by atoms with Crippen LogP contribution in [0.15, 0.2) is 30.3 Å². The second-order valence-corrected chi connectivity index (χ2v) is 6.97. The number of cyclic esters (lactones) is 1. The van der Waals surface area contributed by atoms with Gasteiger partial charge in [-0.15, -0.1) is 0 Å². The Hall–Kier alpha value is -2.22. The molecule has 0 saturated carbocycles. The fraction of sp³-hybridized carbons (Fsp3) is 0.588. The predicted molar refractivity (Wildman–Crippen MR) is 78.8 cm³/mol. The van der Waals surface area contributed by atoms with E-state index in [9.17, 15) is 61.9 Å². The Labute approximate surface area is 170 Å². The number of hydrogen-bond donors (Lipinski definition) is 0. The van der Waals surface area contributed by atoms with Gasteiger partial charge in [0.1, 0.15) is 6.10 Å². The van der Waals surface area contributed by atoms with Crippen LogP contribution in [0, 0.1) is 5.92 Å². The van der Waals surface area contributed by atoms with Crippen LogP contribution in [0.4, 0.5) is 57.1 Å². The largest absolute Gasteiger partial charge is 0.460 e. The summed E-state index contributed by atoms with van der Waals surface area (Å²) in [5.74, 6) is -41.2. The maximum Gasteiger partial charge on any atom is 0.460 e. The number of benzene rings is 1. The van der Waals surface area contributed by atoms with Crippen molar-refractivity contribution < 1.29 is 66.6 Å². The molecule has 0 aliphatic carbocycles. The maximum absolute atomic E-state index is 14.0. The van der Waals surface area contributed by atoms with E-state index in [2.05, 4.69) is 4.74 Å². The van der Waals surface area contributed by atoms with E-state index in [1.54, 1.807) is 0 Å². The first-order valence-electron chi connectivity index (χ1n) is 8.42. The quantitative estimate of drug-likeness (QED) is 0.323. The molecule has 1 heterocycles. The lowest BCUT2D eigenvalue weighted by molar-refractivity contribution is -0.440. The van der Waals surface area contributed by atoms with Crippen molar-refractivity contribution in [1.82, 2.24) is 0 Å². The highest BCUT2D eigenvalue weighted by atomic mass is 19.4. The van der Waals surface area contributed by atoms with Gasteiger partial charge < -0.3 is 4.74 Å². The van der Waals surface area contributed by atoms with E-state index in [1.165, 1.54) is 30.3 Å². The third-order valence-electron chi connectivity index (χ3n) is 4.76. The topological polar surface area (TPSA) is 26.3 Å². The minimum absolute atomic E-state index is 0.181. The van der Waals surface area contributed by atoms with E-state index in [4.69, 9.17) is 0 Å². The van der Waals surface area contributed by atoms with Crippen LogP contribution < -0.4 is 0 Å². The predicted octanol–water partition coefficient (Wildman–Crippen LogP) is 6.42. The molecule has 1 aromatic carbocycles. The molecular formula is C17H11F13O2. The molecule has 0 amide bonds. The Morgan fingerprint density at radius 2 is 1.19 bits per heavy atom. The Bertz CT molecular complexity index is 833. The van der Waals surface area contributed by atoms with Gasteiger partial charge in [-0.25, -0.2) is 0 Å². The molecule has 0 N–H and O–H groups in total. The fourth-order valence-corrected chi connectivity index (χ4v) is 2.92. The zero-order valence-corrected chi connectivity index (χ0v) is 15.2. The zero-order chi connectivity index (χ0) is 25.0. The fourth-order valence-electron chi connectivity index (χ4n) is 2.92. The van der Waals surface area contributed by atoms with Crippen molar-refractivity contribution in [3.8, 4) is 0 Å². The molecule has 2 nitrogen and oxygen atoms in total. The number of carbonyl (C=O) groups is 1. The van der Waals surface area contributed by atoms with Gasteiger partial charge in [0.25, 0.3) is 0 Å². The number of esters is 1. The average Bonchev–Trinajstić information content (AvgIpc) is 3.00. The number of ether oxygens (including phenoxy) is 1. The third kappa shape index (κ3) is 3.87. The SMILES string of the molecule is O=C1O[C@@H](c2ccccc2)C[C@@H]1CC(F)(F)C(F)(F)C(F)(F)C(F)(F)C(F)(F)C(F)(F)F. The van der Waals surface area contributed by atoms with Crippen molar-refractivity contribution in [2.75, 3.05) is 0 Å². The molecule has 2 rings (SSSR count). The van der Waals surface area contributed by atoms with E-state index >= 15 is 0 Å². The zero-order valence-electron chi connectivity index (χ0n) is 15.2. The second-order valence-electron chi connectivity index (χ2n) is 6.97. The first kappa shape index (κ1) is 26.0. The number of hydrogen-bond acceptors (Lipinski definition) is 2. The van der Waals surface area contributed by atoms with Crippen molar-refractivity contribution in [3.63, 3.8) is 0 Å². The van der Waals surface area contributed by atoms with Gasteiger partial charge in [0.2, 0.25) is 0 Å². The number of carbonyl (C=O) groups excluding carboxylic acids is 1. The Morgan fingerprint density at radius 3 is 1.66 bits per heavy atom. The van der Waals surface area contributed by atoms with Gasteiger partial charge >= 0.3 is 41.8 Å². The van der Waals surface area contributed by atoms with Crippen LogP contribution in [0.25, 0.3) is 0 Å². The summed E-state index contributed by atoms with van der Waals surface area (Å²) in [5.41, 5.74) is 0.181. The van der Waals surface area contributed by atoms with Gasteiger partial charge in [0, 0.05) is 12.8 Å². The second kappa shape index (κ2) is 7.68. The molecule has 0 bridgehead atoms. The molecule has 1 fully saturated rings. The van der Waals surface area contributed by atoms with Gasteiger partial charge in [0.15, 0.2) is 0 Å². The lowest BCUT2D eigenvalue weighted by atomic mass is 9.87. The first-order chi connectivity index (χ1) is 14.2. The molecule has 15 heteroatoms. The summed E-state index contributed by atoms with van der Waals surface area (Å²) in [4.78, 5) is 11.7. The highest BCUT2D eigenvalue weighted by Crippen LogP contribution is 2.61. The summed E-state index contributed by atoms with van der Waals surface area (Å²) in [6.07, 6.45) is -12.1. The van der Waals surface area contributed by atoms with E-state index in [-0.39, 0.29) is 5.56 Å². The molecule has 32 heavy (non-hydrogen) atoms. The molecule has 0 unspecified atom stereocenters. The van der Waals surface area contributed by atoms with Crippen LogP contribution in [0.1, 0.15) is 24.5 Å². The van der Waals surface area contributed by atoms with Crippen LogP contribution in [-0.2, 0) is 9.53 Å². The van der Waals surface area contributed by atoms with Crippen LogP contribution in [-0.4, -0.2) is 41.8 Å². The highest BCUT2D eigenvalue weighted by molar-refractivity contribution is 5.75. The van der Waals surface area contributed by atoms with E-state index in [0.29, 0.717) is 0 Å². The van der Waals surface area contributed by atoms with Crippen LogP contribution in [0.2, 0.25) is 0 Å². The minimum Gasteiger partial charge on any atom is -0.457 e. The van der Waals surface area contributed by atoms with Gasteiger partial charge in [-0.05, 0) is 5.56 Å². The summed E-state index contributed by atoms with van der Waals surface area (Å²) in [6.45, 7) is 0. The summed E-state index contributed by atoms with van der Waals surface area (Å²) >= 11 is 0. The van der Waals surface area contributed by atoms with Crippen LogP contribution in [0.3, 0.4) is 0 Å². The van der Waals surface area contributed by atoms with Gasteiger partial charge in [-0.1, -0.05) is 30.3 Å². The van der Waals surface area contributed by atoms with Crippen LogP contribution >= 0.6 is 0 Å². The summed E-state index contributed by atoms with van der Waals surface area (Å²) < 4.78 is 176. The maximum atomic E-state index is 14.0. The monoisotopic (exact) mass is 494 g/mol. The van der Waals surface area contributed by atoms with Crippen molar-refractivity contribution >= 4 is 5.97 Å². The Balaban J connectivity index is 2.33. The van der Waals surface area contributed by atoms with Crippen molar-refractivity contribution in [2.24, 2.45) is 5.92 Å².